The fourth-order valence-corrected chi connectivity index (χ4v) is 6.38. The standard InChI is InChI=1S/C36H54N4O6/c1-6-25(5)36(7-2,8-3)40-35(43)46-23-31-27-13-11-14-29(34(42)39-19-21-45-24-37)33(27)28-17-16-26(22-30(28)31)12-10-15-32(41)38-18-20-44-9-4/h11,13-14,16-17,22,25,31H,6-10,12,15,18-21,23-24,37H2,1-5H3,(H,38,41)(H,39,42)(H,40,43). The first-order valence-corrected chi connectivity index (χ1v) is 16.9. The molecule has 2 aromatic rings. The van der Waals surface area contributed by atoms with E-state index in [0.29, 0.717) is 57.2 Å². The number of rotatable bonds is 20. The normalized spacial score (nSPS) is 14.3. The molecule has 1 aliphatic rings. The minimum Gasteiger partial charge on any atom is -0.449 e. The fourth-order valence-electron chi connectivity index (χ4n) is 6.38. The minimum absolute atomic E-state index is 0.00528. The van der Waals surface area contributed by atoms with Gasteiger partial charge in [-0.05, 0) is 72.4 Å². The van der Waals surface area contributed by atoms with Crippen LogP contribution in [-0.4, -0.2) is 69.7 Å². The van der Waals surface area contributed by atoms with Gasteiger partial charge in [-0.15, -0.1) is 0 Å². The minimum atomic E-state index is -0.431. The van der Waals surface area contributed by atoms with Gasteiger partial charge in [0, 0.05) is 43.1 Å². The third-order valence-corrected chi connectivity index (χ3v) is 9.32. The number of aryl methyl sites for hydroxylation is 1. The van der Waals surface area contributed by atoms with E-state index in [1.165, 1.54) is 0 Å². The Bertz CT molecular complexity index is 1300. The van der Waals surface area contributed by atoms with Crippen LogP contribution in [0.25, 0.3) is 11.1 Å². The summed E-state index contributed by atoms with van der Waals surface area (Å²) >= 11 is 0. The maximum atomic E-state index is 13.3. The molecule has 0 saturated heterocycles. The van der Waals surface area contributed by atoms with Crippen LogP contribution in [0.15, 0.2) is 36.4 Å². The van der Waals surface area contributed by atoms with E-state index in [4.69, 9.17) is 19.9 Å². The van der Waals surface area contributed by atoms with Crippen molar-refractivity contribution >= 4 is 17.9 Å². The predicted molar refractivity (Wildman–Crippen MR) is 181 cm³/mol. The van der Waals surface area contributed by atoms with Crippen LogP contribution in [0.1, 0.15) is 99.7 Å². The van der Waals surface area contributed by atoms with E-state index in [-0.39, 0.29) is 36.6 Å². The van der Waals surface area contributed by atoms with E-state index in [2.05, 4.69) is 55.8 Å². The summed E-state index contributed by atoms with van der Waals surface area (Å²) in [6.07, 6.45) is 3.97. The number of carbonyl (C=O) groups excluding carboxylic acids is 3. The molecule has 2 unspecified atom stereocenters. The monoisotopic (exact) mass is 638 g/mol. The summed E-state index contributed by atoms with van der Waals surface area (Å²) in [5.41, 5.74) is 10.5. The van der Waals surface area contributed by atoms with Crippen LogP contribution in [0.3, 0.4) is 0 Å². The number of hydrogen-bond donors (Lipinski definition) is 4. The van der Waals surface area contributed by atoms with Crippen LogP contribution < -0.4 is 21.7 Å². The summed E-state index contributed by atoms with van der Waals surface area (Å²) in [5.74, 6) is -0.141. The Morgan fingerprint density at radius 3 is 2.39 bits per heavy atom. The molecule has 0 heterocycles. The molecule has 0 aromatic heterocycles. The van der Waals surface area contributed by atoms with Gasteiger partial charge in [-0.25, -0.2) is 4.79 Å². The molecular weight excluding hydrogens is 584 g/mol. The lowest BCUT2D eigenvalue weighted by Gasteiger charge is -2.38. The molecule has 10 heteroatoms. The Balaban J connectivity index is 1.83. The number of hydrogen-bond acceptors (Lipinski definition) is 7. The Labute approximate surface area is 274 Å². The molecule has 0 fully saturated rings. The van der Waals surface area contributed by atoms with Gasteiger partial charge in [0.05, 0.1) is 19.9 Å². The van der Waals surface area contributed by atoms with Gasteiger partial charge < -0.3 is 35.9 Å². The van der Waals surface area contributed by atoms with Gasteiger partial charge >= 0.3 is 6.09 Å². The summed E-state index contributed by atoms with van der Waals surface area (Å²) in [6.45, 7) is 12.9. The first-order valence-electron chi connectivity index (χ1n) is 16.9. The van der Waals surface area contributed by atoms with Crippen molar-refractivity contribution < 1.29 is 28.6 Å². The van der Waals surface area contributed by atoms with Crippen molar-refractivity contribution in [3.05, 3.63) is 58.7 Å². The summed E-state index contributed by atoms with van der Waals surface area (Å²) in [4.78, 5) is 38.8. The summed E-state index contributed by atoms with van der Waals surface area (Å²) in [7, 11) is 0. The van der Waals surface area contributed by atoms with Gasteiger partial charge in [-0.3, -0.25) is 9.59 Å². The third-order valence-electron chi connectivity index (χ3n) is 9.32. The van der Waals surface area contributed by atoms with E-state index in [0.717, 1.165) is 53.5 Å². The van der Waals surface area contributed by atoms with Crippen LogP contribution in [0, 0.1) is 5.92 Å². The van der Waals surface area contributed by atoms with Gasteiger partial charge in [0.25, 0.3) is 5.91 Å². The van der Waals surface area contributed by atoms with Crippen molar-refractivity contribution in [1.29, 1.82) is 0 Å². The molecule has 0 bridgehead atoms. The molecule has 0 saturated carbocycles. The van der Waals surface area contributed by atoms with E-state index in [1.54, 1.807) is 0 Å². The molecule has 254 valence electrons. The molecule has 5 N–H and O–H groups in total. The van der Waals surface area contributed by atoms with Crippen LogP contribution in [0.2, 0.25) is 0 Å². The van der Waals surface area contributed by atoms with Gasteiger partial charge in [0.15, 0.2) is 0 Å². The molecule has 0 radical (unpaired) electrons. The lowest BCUT2D eigenvalue weighted by Crippen LogP contribution is -2.52. The van der Waals surface area contributed by atoms with Gasteiger partial charge in [-0.1, -0.05) is 64.4 Å². The quantitative estimate of drug-likeness (QED) is 0.114. The predicted octanol–water partition coefficient (Wildman–Crippen LogP) is 5.27. The molecule has 3 rings (SSSR count). The number of nitrogens with one attached hydrogen (secondary N) is 3. The highest BCUT2D eigenvalue weighted by Crippen LogP contribution is 2.47. The number of alkyl carbamates (subject to hydrolysis) is 1. The largest absolute Gasteiger partial charge is 0.449 e. The van der Waals surface area contributed by atoms with Crippen LogP contribution in [-0.2, 0) is 25.4 Å². The second kappa shape index (κ2) is 18.6. The first-order chi connectivity index (χ1) is 22.2. The zero-order valence-corrected chi connectivity index (χ0v) is 28.3. The molecular formula is C36H54N4O6. The SMILES string of the molecule is CCOCCNC(=O)CCCc1ccc2c(c1)C(COC(=O)NC(CC)(CC)C(C)CC)c1cccc(C(=O)NCCOCN)c1-2. The number of benzene rings is 2. The maximum absolute atomic E-state index is 13.3. The summed E-state index contributed by atoms with van der Waals surface area (Å²) in [5, 5.41) is 9.01. The van der Waals surface area contributed by atoms with Crippen molar-refractivity contribution in [3.63, 3.8) is 0 Å². The van der Waals surface area contributed by atoms with Crippen LogP contribution in [0.4, 0.5) is 4.79 Å². The molecule has 3 amide bonds. The van der Waals surface area contributed by atoms with E-state index >= 15 is 0 Å². The summed E-state index contributed by atoms with van der Waals surface area (Å²) in [6, 6.07) is 11.9. The molecule has 10 nitrogen and oxygen atoms in total. The van der Waals surface area contributed by atoms with Gasteiger partial charge in [0.1, 0.15) is 6.61 Å². The number of carbonyl (C=O) groups is 3. The molecule has 2 atom stereocenters. The van der Waals surface area contributed by atoms with Crippen molar-refractivity contribution in [2.24, 2.45) is 11.7 Å². The zero-order chi connectivity index (χ0) is 33.5. The Kier molecular flexibility index (Phi) is 15.0. The van der Waals surface area contributed by atoms with Gasteiger partial charge in [0.2, 0.25) is 5.91 Å². The highest BCUT2D eigenvalue weighted by atomic mass is 16.5. The van der Waals surface area contributed by atoms with Crippen molar-refractivity contribution in [2.45, 2.75) is 84.6 Å². The number of fused-ring (bicyclic) bond motifs is 3. The topological polar surface area (TPSA) is 141 Å². The summed E-state index contributed by atoms with van der Waals surface area (Å²) < 4.78 is 16.4. The highest BCUT2D eigenvalue weighted by molar-refractivity contribution is 6.03. The third kappa shape index (κ3) is 9.53. The van der Waals surface area contributed by atoms with Gasteiger partial charge in [-0.2, -0.15) is 0 Å². The molecule has 0 aliphatic heterocycles. The maximum Gasteiger partial charge on any atom is 0.407 e. The first kappa shape index (κ1) is 37.0. The fraction of sp³-hybridized carbons (Fsp3) is 0.583. The van der Waals surface area contributed by atoms with Crippen LogP contribution >= 0.6 is 0 Å². The number of ether oxygens (including phenoxy) is 3. The lowest BCUT2D eigenvalue weighted by atomic mass is 9.79. The van der Waals surface area contributed by atoms with Crippen molar-refractivity contribution in [1.82, 2.24) is 16.0 Å². The molecule has 46 heavy (non-hydrogen) atoms. The van der Waals surface area contributed by atoms with E-state index in [1.807, 2.05) is 31.2 Å². The van der Waals surface area contributed by atoms with E-state index in [9.17, 15) is 14.4 Å². The van der Waals surface area contributed by atoms with Crippen LogP contribution in [0.5, 0.6) is 0 Å². The number of amides is 3. The second-order valence-corrected chi connectivity index (χ2v) is 11.9. The molecule has 1 aliphatic carbocycles. The molecule has 2 aromatic carbocycles. The van der Waals surface area contributed by atoms with Crippen molar-refractivity contribution in [3.8, 4) is 11.1 Å². The second-order valence-electron chi connectivity index (χ2n) is 11.9. The Morgan fingerprint density at radius 2 is 1.70 bits per heavy atom. The Morgan fingerprint density at radius 1 is 0.957 bits per heavy atom. The Hall–Kier alpha value is -3.47. The lowest BCUT2D eigenvalue weighted by molar-refractivity contribution is -0.121. The smallest absolute Gasteiger partial charge is 0.407 e. The average molecular weight is 639 g/mol. The highest BCUT2D eigenvalue weighted by Gasteiger charge is 2.36. The molecule has 0 spiro atoms. The average Bonchev–Trinajstić information content (AvgIpc) is 3.39. The van der Waals surface area contributed by atoms with E-state index < -0.39 is 6.09 Å². The number of nitrogens with two attached hydrogens (primary N) is 1. The zero-order valence-electron chi connectivity index (χ0n) is 28.3. The van der Waals surface area contributed by atoms with Crippen molar-refractivity contribution in [2.75, 3.05) is 46.2 Å².